The second kappa shape index (κ2) is 8.78. The molecule has 3 N–H and O–H groups in total. The summed E-state index contributed by atoms with van der Waals surface area (Å²) in [5.41, 5.74) is 3.52. The Labute approximate surface area is 192 Å². The van der Waals surface area contributed by atoms with Gasteiger partial charge >= 0.3 is 6.09 Å². The normalized spacial score (nSPS) is 11.1. The Morgan fingerprint density at radius 3 is 2.71 bits per heavy atom. The van der Waals surface area contributed by atoms with Crippen LogP contribution in [0.3, 0.4) is 0 Å². The van der Waals surface area contributed by atoms with E-state index < -0.39 is 6.09 Å². The Morgan fingerprint density at radius 1 is 1.09 bits per heavy atom. The number of halogens is 1. The number of imidazole rings is 1. The van der Waals surface area contributed by atoms with E-state index in [1.165, 1.54) is 6.07 Å². The van der Waals surface area contributed by atoms with E-state index in [0.717, 1.165) is 10.9 Å². The standard InChI is InChI=1S/C25H20FN5O3/c1-2-34-25(33)29-24-27-20-10-8-15(13-22(20)28-24)16-9-7-14(11-19(16)26)12-21-17-5-3-4-6-18(17)23(32)31-30-21/h3-11,13H,2,12H2,1H3,(H,31,32)(H2,27,28,29,33). The first-order valence-corrected chi connectivity index (χ1v) is 10.7. The first-order chi connectivity index (χ1) is 16.5. The summed E-state index contributed by atoms with van der Waals surface area (Å²) in [5, 5.41) is 10.5. The lowest BCUT2D eigenvalue weighted by Gasteiger charge is -2.08. The van der Waals surface area contributed by atoms with E-state index in [4.69, 9.17) is 4.74 Å². The first kappa shape index (κ1) is 21.3. The van der Waals surface area contributed by atoms with Crippen molar-refractivity contribution in [1.29, 1.82) is 0 Å². The van der Waals surface area contributed by atoms with Gasteiger partial charge < -0.3 is 9.72 Å². The molecule has 0 aliphatic carbocycles. The molecule has 9 heteroatoms. The fourth-order valence-corrected chi connectivity index (χ4v) is 3.90. The fraction of sp³-hybridized carbons (Fsp3) is 0.120. The van der Waals surface area contributed by atoms with Crippen LogP contribution < -0.4 is 10.9 Å². The predicted octanol–water partition coefficient (Wildman–Crippen LogP) is 4.76. The van der Waals surface area contributed by atoms with Gasteiger partial charge in [0.1, 0.15) is 5.82 Å². The molecule has 1 amide bonds. The SMILES string of the molecule is CCOC(=O)Nc1nc2ccc(-c3ccc(Cc4n[nH]c(=O)c5ccccc45)cc3F)cc2[nH]1. The van der Waals surface area contributed by atoms with E-state index in [1.807, 2.05) is 18.2 Å². The minimum Gasteiger partial charge on any atom is -0.450 e. The summed E-state index contributed by atoms with van der Waals surface area (Å²) in [7, 11) is 0. The van der Waals surface area contributed by atoms with Gasteiger partial charge in [-0.05, 0) is 42.3 Å². The summed E-state index contributed by atoms with van der Waals surface area (Å²) in [6.45, 7) is 1.96. The molecule has 0 fully saturated rings. The lowest BCUT2D eigenvalue weighted by molar-refractivity contribution is 0.167. The summed E-state index contributed by atoms with van der Waals surface area (Å²) in [6, 6.07) is 17.5. The quantitative estimate of drug-likeness (QED) is 0.352. The molecule has 2 aromatic heterocycles. The van der Waals surface area contributed by atoms with Gasteiger partial charge in [0, 0.05) is 17.4 Å². The average molecular weight is 457 g/mol. The Hall–Kier alpha value is -4.53. The number of anilines is 1. The minimum absolute atomic E-state index is 0.250. The minimum atomic E-state index is -0.604. The highest BCUT2D eigenvalue weighted by molar-refractivity contribution is 5.88. The van der Waals surface area contributed by atoms with Crippen molar-refractivity contribution in [2.24, 2.45) is 0 Å². The van der Waals surface area contributed by atoms with Crippen LogP contribution in [0.2, 0.25) is 0 Å². The molecule has 0 saturated carbocycles. The lowest BCUT2D eigenvalue weighted by Crippen LogP contribution is -2.14. The smallest absolute Gasteiger partial charge is 0.413 e. The molecule has 8 nitrogen and oxygen atoms in total. The van der Waals surface area contributed by atoms with E-state index in [9.17, 15) is 9.59 Å². The molecule has 0 aliphatic rings. The molecule has 3 aromatic carbocycles. The van der Waals surface area contributed by atoms with Crippen LogP contribution in [0, 0.1) is 5.82 Å². The molecule has 5 aromatic rings. The lowest BCUT2D eigenvalue weighted by atomic mass is 9.99. The molecule has 5 rings (SSSR count). The third-order valence-corrected chi connectivity index (χ3v) is 5.47. The van der Waals surface area contributed by atoms with Crippen molar-refractivity contribution in [2.75, 3.05) is 11.9 Å². The average Bonchev–Trinajstić information content (AvgIpc) is 3.22. The molecule has 0 spiro atoms. The number of carbonyl (C=O) groups excluding carboxylic acids is 1. The van der Waals surface area contributed by atoms with Gasteiger partial charge in [0.2, 0.25) is 5.95 Å². The number of hydrogen-bond acceptors (Lipinski definition) is 5. The van der Waals surface area contributed by atoms with Crippen molar-refractivity contribution in [1.82, 2.24) is 20.2 Å². The number of amides is 1. The van der Waals surface area contributed by atoms with Crippen LogP contribution >= 0.6 is 0 Å². The van der Waals surface area contributed by atoms with Crippen LogP contribution in [0.15, 0.2) is 65.5 Å². The molecular formula is C25H20FN5O3. The van der Waals surface area contributed by atoms with E-state index in [1.54, 1.807) is 43.3 Å². The van der Waals surface area contributed by atoms with Crippen LogP contribution in [0.4, 0.5) is 15.1 Å². The zero-order valence-corrected chi connectivity index (χ0v) is 18.2. The van der Waals surface area contributed by atoms with Gasteiger partial charge in [-0.2, -0.15) is 5.10 Å². The van der Waals surface area contributed by atoms with Crippen LogP contribution in [0.5, 0.6) is 0 Å². The third kappa shape index (κ3) is 4.11. The number of aromatic amines is 2. The molecule has 0 unspecified atom stereocenters. The number of rotatable bonds is 5. The zero-order chi connectivity index (χ0) is 23.7. The van der Waals surface area contributed by atoms with Crippen molar-refractivity contribution in [2.45, 2.75) is 13.3 Å². The zero-order valence-electron chi connectivity index (χ0n) is 18.2. The van der Waals surface area contributed by atoms with Gasteiger partial charge in [0.05, 0.1) is 28.7 Å². The number of fused-ring (bicyclic) bond motifs is 2. The highest BCUT2D eigenvalue weighted by atomic mass is 19.1. The Balaban J connectivity index is 1.42. The number of H-pyrrole nitrogens is 2. The number of ether oxygens (including phenoxy) is 1. The summed E-state index contributed by atoms with van der Waals surface area (Å²) >= 11 is 0. The van der Waals surface area contributed by atoms with Crippen molar-refractivity contribution in [3.63, 3.8) is 0 Å². The van der Waals surface area contributed by atoms with E-state index in [0.29, 0.717) is 39.7 Å². The monoisotopic (exact) mass is 457 g/mol. The summed E-state index contributed by atoms with van der Waals surface area (Å²) in [4.78, 5) is 30.9. The summed E-state index contributed by atoms with van der Waals surface area (Å²) in [5.74, 6) is -0.128. The van der Waals surface area contributed by atoms with Crippen LogP contribution in [0.1, 0.15) is 18.2 Å². The van der Waals surface area contributed by atoms with Gasteiger partial charge in [0.15, 0.2) is 0 Å². The molecule has 0 aliphatic heterocycles. The molecular weight excluding hydrogens is 437 g/mol. The maximum atomic E-state index is 15.1. The van der Waals surface area contributed by atoms with E-state index in [2.05, 4.69) is 25.5 Å². The Kier molecular flexibility index (Phi) is 5.51. The van der Waals surface area contributed by atoms with Crippen molar-refractivity contribution < 1.29 is 13.9 Å². The van der Waals surface area contributed by atoms with Gasteiger partial charge in [-0.15, -0.1) is 0 Å². The highest BCUT2D eigenvalue weighted by Gasteiger charge is 2.13. The Morgan fingerprint density at radius 2 is 1.91 bits per heavy atom. The molecule has 0 saturated heterocycles. The molecule has 2 heterocycles. The second-order valence-electron chi connectivity index (χ2n) is 7.70. The molecule has 0 atom stereocenters. The largest absolute Gasteiger partial charge is 0.450 e. The van der Waals surface area contributed by atoms with Crippen LogP contribution in [0.25, 0.3) is 32.9 Å². The number of nitrogens with one attached hydrogen (secondary N) is 3. The number of nitrogens with zero attached hydrogens (tertiary/aromatic N) is 2. The van der Waals surface area contributed by atoms with Gasteiger partial charge in [-0.1, -0.05) is 36.4 Å². The van der Waals surface area contributed by atoms with Gasteiger partial charge in [0.25, 0.3) is 5.56 Å². The number of aromatic nitrogens is 4. The number of benzene rings is 3. The predicted molar refractivity (Wildman–Crippen MR) is 127 cm³/mol. The highest BCUT2D eigenvalue weighted by Crippen LogP contribution is 2.28. The van der Waals surface area contributed by atoms with E-state index >= 15 is 4.39 Å². The third-order valence-electron chi connectivity index (χ3n) is 5.47. The van der Waals surface area contributed by atoms with Crippen molar-refractivity contribution >= 4 is 33.8 Å². The molecule has 170 valence electrons. The van der Waals surface area contributed by atoms with Crippen molar-refractivity contribution in [3.8, 4) is 11.1 Å². The molecule has 0 bridgehead atoms. The van der Waals surface area contributed by atoms with Crippen LogP contribution in [-0.2, 0) is 11.2 Å². The first-order valence-electron chi connectivity index (χ1n) is 10.7. The number of hydrogen-bond donors (Lipinski definition) is 3. The molecule has 0 radical (unpaired) electrons. The number of carbonyl (C=O) groups is 1. The van der Waals surface area contributed by atoms with Gasteiger partial charge in [-0.3, -0.25) is 10.1 Å². The summed E-state index contributed by atoms with van der Waals surface area (Å²) < 4.78 is 20.0. The maximum Gasteiger partial charge on any atom is 0.413 e. The van der Waals surface area contributed by atoms with E-state index in [-0.39, 0.29) is 23.9 Å². The van der Waals surface area contributed by atoms with Gasteiger partial charge in [-0.25, -0.2) is 19.3 Å². The van der Waals surface area contributed by atoms with Crippen LogP contribution in [-0.4, -0.2) is 32.9 Å². The fourth-order valence-electron chi connectivity index (χ4n) is 3.90. The second-order valence-corrected chi connectivity index (χ2v) is 7.70. The summed E-state index contributed by atoms with van der Waals surface area (Å²) in [6.07, 6.45) is -0.232. The van der Waals surface area contributed by atoms with Crippen molar-refractivity contribution in [3.05, 3.63) is 88.1 Å². The topological polar surface area (TPSA) is 113 Å². The molecule has 34 heavy (non-hydrogen) atoms. The Bertz CT molecular complexity index is 1590. The maximum absolute atomic E-state index is 15.1.